The molecule has 0 aliphatic rings. The largest absolute Gasteiger partial charge is 0.493 e. The van der Waals surface area contributed by atoms with Crippen molar-refractivity contribution in [3.05, 3.63) is 23.3 Å². The first-order valence-electron chi connectivity index (χ1n) is 5.47. The maximum atomic E-state index is 6.15. The Kier molecular flexibility index (Phi) is 4.37. The van der Waals surface area contributed by atoms with Gasteiger partial charge in [0, 0.05) is 12.6 Å². The molecule has 1 aromatic carbocycles. The number of hydrogen-bond acceptors (Lipinski definition) is 4. The Morgan fingerprint density at radius 2 is 1.59 bits per heavy atom. The molecular weight excluding hydrogens is 218 g/mol. The third-order valence-electron chi connectivity index (χ3n) is 2.60. The van der Waals surface area contributed by atoms with Gasteiger partial charge in [0.2, 0.25) is 0 Å². The summed E-state index contributed by atoms with van der Waals surface area (Å²) in [7, 11) is 4.88. The summed E-state index contributed by atoms with van der Waals surface area (Å²) in [6.07, 6.45) is 0. The number of rotatable bonds is 5. The van der Waals surface area contributed by atoms with Gasteiger partial charge in [-0.15, -0.1) is 0 Å². The van der Waals surface area contributed by atoms with Crippen molar-refractivity contribution in [3.8, 4) is 11.5 Å². The van der Waals surface area contributed by atoms with Gasteiger partial charge in [0.25, 0.3) is 0 Å². The predicted octanol–water partition coefficient (Wildman–Crippen LogP) is 2.04. The molecule has 4 heteroatoms. The van der Waals surface area contributed by atoms with Gasteiger partial charge in [0.1, 0.15) is 0 Å². The van der Waals surface area contributed by atoms with Crippen LogP contribution in [0.3, 0.4) is 0 Å². The maximum Gasteiger partial charge on any atom is 0.161 e. The summed E-state index contributed by atoms with van der Waals surface area (Å²) in [6, 6.07) is 3.82. The Bertz CT molecular complexity index is 383. The van der Waals surface area contributed by atoms with Gasteiger partial charge >= 0.3 is 0 Å². The topological polar surface area (TPSA) is 53.7 Å². The minimum atomic E-state index is -0.451. The van der Waals surface area contributed by atoms with Gasteiger partial charge in [-0.25, -0.2) is 0 Å². The van der Waals surface area contributed by atoms with E-state index in [-0.39, 0.29) is 0 Å². The Labute approximate surface area is 103 Å². The molecule has 0 amide bonds. The zero-order chi connectivity index (χ0) is 13.1. The Hall–Kier alpha value is -1.26. The van der Waals surface area contributed by atoms with Crippen LogP contribution in [0.2, 0.25) is 0 Å². The summed E-state index contributed by atoms with van der Waals surface area (Å²) in [5.41, 5.74) is 7.71. The SMILES string of the molecule is COCc1cc(OC)c(OC)cc1C(C)(C)N. The number of ether oxygens (including phenoxy) is 3. The predicted molar refractivity (Wildman–Crippen MR) is 67.5 cm³/mol. The van der Waals surface area contributed by atoms with Gasteiger partial charge < -0.3 is 19.9 Å². The van der Waals surface area contributed by atoms with E-state index in [1.54, 1.807) is 21.3 Å². The first-order chi connectivity index (χ1) is 7.93. The van der Waals surface area contributed by atoms with Crippen LogP contribution in [0.5, 0.6) is 11.5 Å². The van der Waals surface area contributed by atoms with Crippen LogP contribution in [0.25, 0.3) is 0 Å². The Balaban J connectivity index is 3.35. The first-order valence-corrected chi connectivity index (χ1v) is 5.47. The van der Waals surface area contributed by atoms with E-state index in [1.165, 1.54) is 0 Å². The van der Waals surface area contributed by atoms with E-state index in [1.807, 2.05) is 26.0 Å². The zero-order valence-electron chi connectivity index (χ0n) is 11.2. The van der Waals surface area contributed by atoms with E-state index in [9.17, 15) is 0 Å². The number of nitrogens with two attached hydrogens (primary N) is 1. The van der Waals surface area contributed by atoms with Crippen molar-refractivity contribution >= 4 is 0 Å². The molecule has 0 saturated carbocycles. The van der Waals surface area contributed by atoms with Crippen molar-refractivity contribution in [3.63, 3.8) is 0 Å². The molecule has 4 nitrogen and oxygen atoms in total. The van der Waals surface area contributed by atoms with Gasteiger partial charge in [-0.2, -0.15) is 0 Å². The highest BCUT2D eigenvalue weighted by molar-refractivity contribution is 5.49. The second-order valence-corrected chi connectivity index (χ2v) is 4.52. The van der Waals surface area contributed by atoms with Crippen LogP contribution in [0.15, 0.2) is 12.1 Å². The van der Waals surface area contributed by atoms with E-state index < -0.39 is 5.54 Å². The quantitative estimate of drug-likeness (QED) is 0.854. The zero-order valence-corrected chi connectivity index (χ0v) is 11.2. The van der Waals surface area contributed by atoms with Gasteiger partial charge in [-0.3, -0.25) is 0 Å². The lowest BCUT2D eigenvalue weighted by molar-refractivity contribution is 0.182. The molecular formula is C13H21NO3. The first kappa shape index (κ1) is 13.8. The van der Waals surface area contributed by atoms with E-state index in [2.05, 4.69) is 0 Å². The number of benzene rings is 1. The van der Waals surface area contributed by atoms with E-state index in [0.29, 0.717) is 18.1 Å². The van der Waals surface area contributed by atoms with E-state index >= 15 is 0 Å². The van der Waals surface area contributed by atoms with Gasteiger partial charge in [-0.05, 0) is 37.1 Å². The average molecular weight is 239 g/mol. The van der Waals surface area contributed by atoms with Crippen molar-refractivity contribution in [2.75, 3.05) is 21.3 Å². The van der Waals surface area contributed by atoms with Crippen LogP contribution in [-0.2, 0) is 16.9 Å². The standard InChI is InChI=1S/C13H21NO3/c1-13(2,14)10-7-12(17-5)11(16-4)6-9(10)8-15-3/h6-7H,8,14H2,1-5H3. The summed E-state index contributed by atoms with van der Waals surface area (Å²) in [6.45, 7) is 4.40. The lowest BCUT2D eigenvalue weighted by Crippen LogP contribution is -2.30. The molecule has 96 valence electrons. The molecule has 0 heterocycles. The molecule has 0 aliphatic heterocycles. The fourth-order valence-electron chi connectivity index (χ4n) is 1.80. The summed E-state index contributed by atoms with van der Waals surface area (Å²) < 4.78 is 15.7. The molecule has 17 heavy (non-hydrogen) atoms. The molecule has 0 atom stereocenters. The van der Waals surface area contributed by atoms with Crippen LogP contribution in [-0.4, -0.2) is 21.3 Å². The van der Waals surface area contributed by atoms with Crippen molar-refractivity contribution in [2.24, 2.45) is 5.73 Å². The molecule has 0 aromatic heterocycles. The lowest BCUT2D eigenvalue weighted by Gasteiger charge is -2.24. The molecule has 1 rings (SSSR count). The minimum absolute atomic E-state index is 0.451. The van der Waals surface area contributed by atoms with Crippen molar-refractivity contribution in [2.45, 2.75) is 26.0 Å². The maximum absolute atomic E-state index is 6.15. The van der Waals surface area contributed by atoms with Crippen molar-refractivity contribution in [1.29, 1.82) is 0 Å². The third-order valence-corrected chi connectivity index (χ3v) is 2.60. The highest BCUT2D eigenvalue weighted by Crippen LogP contribution is 2.34. The van der Waals surface area contributed by atoms with Gasteiger partial charge in [0.05, 0.1) is 20.8 Å². The monoisotopic (exact) mass is 239 g/mol. The Morgan fingerprint density at radius 3 is 2.00 bits per heavy atom. The highest BCUT2D eigenvalue weighted by atomic mass is 16.5. The molecule has 0 bridgehead atoms. The number of methoxy groups -OCH3 is 3. The summed E-state index contributed by atoms with van der Waals surface area (Å²) in [5, 5.41) is 0. The molecule has 0 aliphatic carbocycles. The average Bonchev–Trinajstić information content (AvgIpc) is 2.27. The van der Waals surface area contributed by atoms with Crippen LogP contribution in [0.4, 0.5) is 0 Å². The van der Waals surface area contributed by atoms with E-state index in [4.69, 9.17) is 19.9 Å². The van der Waals surface area contributed by atoms with Gasteiger partial charge in [-0.1, -0.05) is 0 Å². The normalized spacial score (nSPS) is 11.4. The van der Waals surface area contributed by atoms with Crippen LogP contribution < -0.4 is 15.2 Å². The molecule has 0 radical (unpaired) electrons. The summed E-state index contributed by atoms with van der Waals surface area (Å²) >= 11 is 0. The molecule has 0 fully saturated rings. The van der Waals surface area contributed by atoms with Crippen molar-refractivity contribution in [1.82, 2.24) is 0 Å². The minimum Gasteiger partial charge on any atom is -0.493 e. The number of hydrogen-bond donors (Lipinski definition) is 1. The van der Waals surface area contributed by atoms with Crippen LogP contribution >= 0.6 is 0 Å². The molecule has 0 saturated heterocycles. The van der Waals surface area contributed by atoms with Crippen LogP contribution in [0.1, 0.15) is 25.0 Å². The second-order valence-electron chi connectivity index (χ2n) is 4.52. The second kappa shape index (κ2) is 5.38. The smallest absolute Gasteiger partial charge is 0.161 e. The third kappa shape index (κ3) is 3.11. The summed E-state index contributed by atoms with van der Waals surface area (Å²) in [5.74, 6) is 1.37. The fraction of sp³-hybridized carbons (Fsp3) is 0.538. The lowest BCUT2D eigenvalue weighted by atomic mass is 9.90. The Morgan fingerprint density at radius 1 is 1.06 bits per heavy atom. The molecule has 1 aromatic rings. The highest BCUT2D eigenvalue weighted by Gasteiger charge is 2.21. The van der Waals surface area contributed by atoms with Crippen molar-refractivity contribution < 1.29 is 14.2 Å². The molecule has 2 N–H and O–H groups in total. The summed E-state index contributed by atoms with van der Waals surface area (Å²) in [4.78, 5) is 0. The van der Waals surface area contributed by atoms with E-state index in [0.717, 1.165) is 11.1 Å². The molecule has 0 spiro atoms. The molecule has 0 unspecified atom stereocenters. The van der Waals surface area contributed by atoms with Gasteiger partial charge in [0.15, 0.2) is 11.5 Å². The van der Waals surface area contributed by atoms with Crippen LogP contribution in [0, 0.1) is 0 Å². The fourth-order valence-corrected chi connectivity index (χ4v) is 1.80.